The van der Waals surface area contributed by atoms with Crippen LogP contribution in [0.4, 0.5) is 17.1 Å². The summed E-state index contributed by atoms with van der Waals surface area (Å²) in [6.07, 6.45) is 2.55. The van der Waals surface area contributed by atoms with Gasteiger partial charge in [-0.1, -0.05) is 18.2 Å². The number of hydrogen-bond donors (Lipinski definition) is 3. The van der Waals surface area contributed by atoms with Crippen LogP contribution in [0.1, 0.15) is 19.3 Å². The molecule has 3 N–H and O–H groups in total. The molecule has 2 aliphatic heterocycles. The van der Waals surface area contributed by atoms with Gasteiger partial charge >= 0.3 is 0 Å². The van der Waals surface area contributed by atoms with Gasteiger partial charge in [-0.25, -0.2) is 0 Å². The molecular weight excluding hydrogens is 384 g/mol. The highest BCUT2D eigenvalue weighted by Gasteiger charge is 2.34. The van der Waals surface area contributed by atoms with E-state index < -0.39 is 6.10 Å². The monoisotopic (exact) mass is 410 g/mol. The summed E-state index contributed by atoms with van der Waals surface area (Å²) in [6, 6.07) is 14.3. The van der Waals surface area contributed by atoms with Crippen LogP contribution >= 0.6 is 0 Å². The van der Waals surface area contributed by atoms with E-state index in [0.717, 1.165) is 38.0 Å². The molecule has 0 radical (unpaired) electrons. The summed E-state index contributed by atoms with van der Waals surface area (Å²) in [5.74, 6) is 0.376. The van der Waals surface area contributed by atoms with Crippen LogP contribution in [0, 0.1) is 0 Å². The van der Waals surface area contributed by atoms with Crippen molar-refractivity contribution in [2.24, 2.45) is 0 Å². The summed E-state index contributed by atoms with van der Waals surface area (Å²) >= 11 is 0. The first-order valence-electron chi connectivity index (χ1n) is 10.2. The van der Waals surface area contributed by atoms with Crippen LogP contribution < -0.4 is 20.4 Å². The summed E-state index contributed by atoms with van der Waals surface area (Å²) in [4.78, 5) is 29.4. The molecule has 2 aromatic rings. The molecule has 1 unspecified atom stereocenters. The lowest BCUT2D eigenvalue weighted by Crippen LogP contribution is -2.52. The first-order valence-corrected chi connectivity index (χ1v) is 10.2. The van der Waals surface area contributed by atoms with Crippen molar-refractivity contribution in [3.05, 3.63) is 48.5 Å². The lowest BCUT2D eigenvalue weighted by Gasteiger charge is -2.38. The van der Waals surface area contributed by atoms with Gasteiger partial charge in [0.2, 0.25) is 5.91 Å². The first-order chi connectivity index (χ1) is 14.6. The fourth-order valence-corrected chi connectivity index (χ4v) is 3.94. The molecule has 0 saturated carbocycles. The van der Waals surface area contributed by atoms with Gasteiger partial charge in [-0.15, -0.1) is 0 Å². The van der Waals surface area contributed by atoms with Crippen molar-refractivity contribution in [2.75, 3.05) is 41.9 Å². The molecule has 1 saturated heterocycles. The van der Waals surface area contributed by atoms with Gasteiger partial charge < -0.3 is 19.9 Å². The van der Waals surface area contributed by atoms with Crippen molar-refractivity contribution in [3.63, 3.8) is 0 Å². The Morgan fingerprint density at radius 2 is 1.80 bits per heavy atom. The van der Waals surface area contributed by atoms with E-state index in [1.54, 1.807) is 24.3 Å². The van der Waals surface area contributed by atoms with E-state index in [9.17, 15) is 9.59 Å². The molecule has 1 fully saturated rings. The zero-order chi connectivity index (χ0) is 20.9. The fraction of sp³-hybridized carbons (Fsp3) is 0.364. The SMILES string of the molecule is O=C(CN1CC(C(=O)N2CCCCC2)Oc2ccccc21)Nc1cccc(NO)c1. The number of anilines is 3. The number of nitrogens with zero attached hydrogens (tertiary/aromatic N) is 2. The Bertz CT molecular complexity index is 914. The Balaban J connectivity index is 1.48. The van der Waals surface area contributed by atoms with Crippen LogP contribution in [0.5, 0.6) is 5.75 Å². The molecule has 2 amide bonds. The molecule has 30 heavy (non-hydrogen) atoms. The molecule has 2 aliphatic rings. The van der Waals surface area contributed by atoms with Crippen molar-refractivity contribution >= 4 is 28.9 Å². The number of rotatable bonds is 5. The first kappa shape index (κ1) is 20.0. The van der Waals surface area contributed by atoms with E-state index in [1.165, 1.54) is 0 Å². The highest BCUT2D eigenvalue weighted by atomic mass is 16.5. The normalized spacial score (nSPS) is 18.2. The molecule has 8 nitrogen and oxygen atoms in total. The average molecular weight is 410 g/mol. The largest absolute Gasteiger partial charge is 0.477 e. The molecule has 0 aliphatic carbocycles. The van der Waals surface area contributed by atoms with Gasteiger partial charge in [-0.2, -0.15) is 0 Å². The van der Waals surface area contributed by atoms with Gasteiger partial charge in [0.25, 0.3) is 5.91 Å². The predicted molar refractivity (Wildman–Crippen MR) is 114 cm³/mol. The maximum absolute atomic E-state index is 13.0. The number of nitrogens with one attached hydrogen (secondary N) is 2. The van der Waals surface area contributed by atoms with Gasteiger partial charge in [0.1, 0.15) is 5.75 Å². The predicted octanol–water partition coefficient (Wildman–Crippen LogP) is 2.71. The number of carbonyl (C=O) groups excluding carboxylic acids is 2. The van der Waals surface area contributed by atoms with Crippen LogP contribution in [0.25, 0.3) is 0 Å². The van der Waals surface area contributed by atoms with E-state index in [-0.39, 0.29) is 18.4 Å². The second-order valence-electron chi connectivity index (χ2n) is 7.58. The number of fused-ring (bicyclic) bond motifs is 1. The Kier molecular flexibility index (Phi) is 6.04. The van der Waals surface area contributed by atoms with E-state index in [0.29, 0.717) is 23.7 Å². The zero-order valence-electron chi connectivity index (χ0n) is 16.7. The minimum absolute atomic E-state index is 0.0173. The van der Waals surface area contributed by atoms with Crippen molar-refractivity contribution in [1.82, 2.24) is 4.90 Å². The number of likely N-dealkylation sites (tertiary alicyclic amines) is 1. The summed E-state index contributed by atoms with van der Waals surface area (Å²) < 4.78 is 6.01. The molecule has 0 bridgehead atoms. The molecular formula is C22H26N4O4. The Hall–Kier alpha value is -3.26. The number of hydrogen-bond acceptors (Lipinski definition) is 6. The molecule has 4 rings (SSSR count). The van der Waals surface area contributed by atoms with Crippen LogP contribution in [0.3, 0.4) is 0 Å². The van der Waals surface area contributed by atoms with E-state index in [4.69, 9.17) is 9.94 Å². The number of para-hydroxylation sites is 2. The van der Waals surface area contributed by atoms with Gasteiger partial charge in [-0.3, -0.25) is 20.3 Å². The van der Waals surface area contributed by atoms with Crippen molar-refractivity contribution in [2.45, 2.75) is 25.4 Å². The second-order valence-corrected chi connectivity index (χ2v) is 7.58. The zero-order valence-corrected chi connectivity index (χ0v) is 16.7. The molecule has 1 atom stereocenters. The quantitative estimate of drug-likeness (QED) is 0.656. The van der Waals surface area contributed by atoms with Crippen molar-refractivity contribution in [1.29, 1.82) is 0 Å². The Morgan fingerprint density at radius 1 is 1.03 bits per heavy atom. The summed E-state index contributed by atoms with van der Waals surface area (Å²) in [6.45, 7) is 1.92. The Labute approximate surface area is 175 Å². The van der Waals surface area contributed by atoms with E-state index in [2.05, 4.69) is 10.8 Å². The minimum Gasteiger partial charge on any atom is -0.477 e. The Morgan fingerprint density at radius 3 is 2.60 bits per heavy atom. The summed E-state index contributed by atoms with van der Waals surface area (Å²) in [5.41, 5.74) is 3.91. The number of benzene rings is 2. The molecule has 158 valence electrons. The topological polar surface area (TPSA) is 94.1 Å². The average Bonchev–Trinajstić information content (AvgIpc) is 2.79. The van der Waals surface area contributed by atoms with Gasteiger partial charge in [0.05, 0.1) is 24.5 Å². The van der Waals surface area contributed by atoms with Crippen LogP contribution in [-0.2, 0) is 9.59 Å². The summed E-state index contributed by atoms with van der Waals surface area (Å²) in [7, 11) is 0. The third-order valence-corrected chi connectivity index (χ3v) is 5.41. The maximum Gasteiger partial charge on any atom is 0.265 e. The standard InChI is InChI=1S/C22H26N4O4/c27-21(23-16-7-6-8-17(13-16)24-29)15-26-14-20(22(28)25-11-4-1-5-12-25)30-19-10-3-2-9-18(19)26/h2-3,6-10,13,20,24,29H,1,4-5,11-12,14-15H2,(H,23,27). The van der Waals surface area contributed by atoms with Crippen molar-refractivity contribution < 1.29 is 19.5 Å². The van der Waals surface area contributed by atoms with Gasteiger partial charge in [0.15, 0.2) is 6.10 Å². The molecule has 8 heteroatoms. The van der Waals surface area contributed by atoms with E-state index in [1.807, 2.05) is 34.1 Å². The number of piperidine rings is 1. The molecule has 0 spiro atoms. The highest BCUT2D eigenvalue weighted by molar-refractivity contribution is 5.95. The lowest BCUT2D eigenvalue weighted by atomic mass is 10.1. The lowest BCUT2D eigenvalue weighted by molar-refractivity contribution is -0.139. The van der Waals surface area contributed by atoms with Gasteiger partial charge in [-0.05, 0) is 49.6 Å². The third-order valence-electron chi connectivity index (χ3n) is 5.41. The maximum atomic E-state index is 13.0. The highest BCUT2D eigenvalue weighted by Crippen LogP contribution is 2.33. The van der Waals surface area contributed by atoms with Gasteiger partial charge in [0, 0.05) is 18.8 Å². The second kappa shape index (κ2) is 9.04. The molecule has 0 aromatic heterocycles. The van der Waals surface area contributed by atoms with Crippen LogP contribution in [-0.4, -0.2) is 54.2 Å². The van der Waals surface area contributed by atoms with Crippen molar-refractivity contribution in [3.8, 4) is 5.75 Å². The third kappa shape index (κ3) is 4.49. The number of ether oxygens (including phenoxy) is 1. The fourth-order valence-electron chi connectivity index (χ4n) is 3.94. The number of carbonyl (C=O) groups is 2. The van der Waals surface area contributed by atoms with Crippen LogP contribution in [0.2, 0.25) is 0 Å². The molecule has 2 heterocycles. The summed E-state index contributed by atoms with van der Waals surface area (Å²) in [5, 5.41) is 11.9. The van der Waals surface area contributed by atoms with Crippen LogP contribution in [0.15, 0.2) is 48.5 Å². The number of amides is 2. The smallest absolute Gasteiger partial charge is 0.265 e. The van der Waals surface area contributed by atoms with E-state index >= 15 is 0 Å². The molecule has 2 aromatic carbocycles. The minimum atomic E-state index is -0.632.